The fourth-order valence-electron chi connectivity index (χ4n) is 4.30. The van der Waals surface area contributed by atoms with Gasteiger partial charge in [0, 0.05) is 37.6 Å². The normalized spacial score (nSPS) is 19.9. The number of nitrogens with zero attached hydrogens (tertiary/aromatic N) is 2. The van der Waals surface area contributed by atoms with Crippen LogP contribution in [-0.2, 0) is 9.53 Å². The van der Waals surface area contributed by atoms with Crippen molar-refractivity contribution in [1.82, 2.24) is 15.2 Å². The zero-order valence-electron chi connectivity index (χ0n) is 17.7. The van der Waals surface area contributed by atoms with Gasteiger partial charge in [0.15, 0.2) is 0 Å². The number of benzene rings is 1. The minimum atomic E-state index is -0.166. The second-order valence-corrected chi connectivity index (χ2v) is 8.21. The molecule has 3 heterocycles. The molecule has 2 saturated heterocycles. The number of likely N-dealkylation sites (tertiary alicyclic amines) is 1. The summed E-state index contributed by atoms with van der Waals surface area (Å²) in [5.74, 6) is 0.792. The lowest BCUT2D eigenvalue weighted by Gasteiger charge is -2.39. The van der Waals surface area contributed by atoms with Crippen molar-refractivity contribution >= 4 is 11.8 Å². The Morgan fingerprint density at radius 3 is 2.58 bits per heavy atom. The lowest BCUT2D eigenvalue weighted by molar-refractivity contribution is -0.123. The third-order valence-electron chi connectivity index (χ3n) is 6.10. The highest BCUT2D eigenvalue weighted by atomic mass is 16.5. The summed E-state index contributed by atoms with van der Waals surface area (Å²) in [5.41, 5.74) is 0.510. The number of carbonyl (C=O) groups excluding carboxylic acids is 2. The summed E-state index contributed by atoms with van der Waals surface area (Å²) >= 11 is 0. The SMILES string of the molecule is O=C(CCOc1ccccc1)NC[C@H]1CCC2(CCN(C(=O)c3ccncc3)CC2)O1. The lowest BCUT2D eigenvalue weighted by Crippen LogP contribution is -2.47. The maximum atomic E-state index is 12.6. The second-order valence-electron chi connectivity index (χ2n) is 8.21. The quantitative estimate of drug-likeness (QED) is 0.741. The van der Waals surface area contributed by atoms with Crippen molar-refractivity contribution in [2.75, 3.05) is 26.2 Å². The number of pyridine rings is 1. The summed E-state index contributed by atoms with van der Waals surface area (Å²) < 4.78 is 11.9. The van der Waals surface area contributed by atoms with Gasteiger partial charge in [-0.15, -0.1) is 0 Å². The molecule has 7 nitrogen and oxygen atoms in total. The predicted octanol–water partition coefficient (Wildman–Crippen LogP) is 2.82. The molecule has 31 heavy (non-hydrogen) atoms. The van der Waals surface area contributed by atoms with Gasteiger partial charge < -0.3 is 19.7 Å². The Morgan fingerprint density at radius 1 is 1.10 bits per heavy atom. The topological polar surface area (TPSA) is 80.8 Å². The van der Waals surface area contributed by atoms with Gasteiger partial charge in [-0.2, -0.15) is 0 Å². The van der Waals surface area contributed by atoms with E-state index in [-0.39, 0.29) is 23.5 Å². The van der Waals surface area contributed by atoms with Crippen LogP contribution in [0.5, 0.6) is 5.75 Å². The summed E-state index contributed by atoms with van der Waals surface area (Å²) in [7, 11) is 0. The number of amides is 2. The average molecular weight is 424 g/mol. The first-order valence-corrected chi connectivity index (χ1v) is 11.0. The van der Waals surface area contributed by atoms with Crippen molar-refractivity contribution in [1.29, 1.82) is 0 Å². The molecule has 2 aromatic rings. The fourth-order valence-corrected chi connectivity index (χ4v) is 4.30. The minimum absolute atomic E-state index is 0.0291. The number of carbonyl (C=O) groups is 2. The van der Waals surface area contributed by atoms with E-state index in [9.17, 15) is 9.59 Å². The Morgan fingerprint density at radius 2 is 1.84 bits per heavy atom. The first-order valence-electron chi connectivity index (χ1n) is 11.0. The minimum Gasteiger partial charge on any atom is -0.493 e. The Hall–Kier alpha value is -2.93. The third-order valence-corrected chi connectivity index (χ3v) is 6.10. The van der Waals surface area contributed by atoms with Gasteiger partial charge in [0.1, 0.15) is 5.75 Å². The smallest absolute Gasteiger partial charge is 0.253 e. The molecule has 0 saturated carbocycles. The van der Waals surface area contributed by atoms with E-state index >= 15 is 0 Å². The van der Waals surface area contributed by atoms with Crippen LogP contribution in [0.15, 0.2) is 54.9 Å². The van der Waals surface area contributed by atoms with Gasteiger partial charge in [-0.05, 0) is 49.9 Å². The van der Waals surface area contributed by atoms with Crippen LogP contribution in [0.1, 0.15) is 42.5 Å². The Labute approximate surface area is 182 Å². The molecule has 0 bridgehead atoms. The number of nitrogens with one attached hydrogen (secondary N) is 1. The molecular weight excluding hydrogens is 394 g/mol. The number of hydrogen-bond acceptors (Lipinski definition) is 5. The molecule has 2 aliphatic heterocycles. The summed E-state index contributed by atoms with van der Waals surface area (Å²) in [5, 5.41) is 2.97. The van der Waals surface area contributed by atoms with Gasteiger partial charge in [0.25, 0.3) is 5.91 Å². The maximum Gasteiger partial charge on any atom is 0.253 e. The summed E-state index contributed by atoms with van der Waals surface area (Å²) in [6, 6.07) is 13.0. The Balaban J connectivity index is 1.16. The summed E-state index contributed by atoms with van der Waals surface area (Å²) in [6.45, 7) is 2.26. The van der Waals surface area contributed by atoms with Crippen LogP contribution in [-0.4, -0.2) is 59.6 Å². The molecule has 1 atom stereocenters. The molecular formula is C24H29N3O4. The van der Waals surface area contributed by atoms with Gasteiger partial charge in [0.05, 0.1) is 24.7 Å². The molecule has 0 aliphatic carbocycles. The van der Waals surface area contributed by atoms with Crippen LogP contribution < -0.4 is 10.1 Å². The van der Waals surface area contributed by atoms with Crippen LogP contribution >= 0.6 is 0 Å². The van der Waals surface area contributed by atoms with E-state index in [0.29, 0.717) is 38.2 Å². The number of ether oxygens (including phenoxy) is 2. The van der Waals surface area contributed by atoms with Gasteiger partial charge in [-0.25, -0.2) is 0 Å². The number of hydrogen-bond donors (Lipinski definition) is 1. The van der Waals surface area contributed by atoms with Gasteiger partial charge >= 0.3 is 0 Å². The predicted molar refractivity (Wildman–Crippen MR) is 116 cm³/mol. The van der Waals surface area contributed by atoms with Crippen molar-refractivity contribution in [3.63, 3.8) is 0 Å². The molecule has 7 heteroatoms. The Kier molecular flexibility index (Phi) is 6.82. The van der Waals surface area contributed by atoms with Gasteiger partial charge in [0.2, 0.25) is 5.91 Å². The molecule has 1 N–H and O–H groups in total. The molecule has 2 amide bonds. The zero-order chi connectivity index (χ0) is 21.5. The highest BCUT2D eigenvalue weighted by Gasteiger charge is 2.43. The molecule has 1 aromatic carbocycles. The highest BCUT2D eigenvalue weighted by Crippen LogP contribution is 2.39. The van der Waals surface area contributed by atoms with E-state index in [1.807, 2.05) is 35.2 Å². The number of piperidine rings is 1. The molecule has 1 aromatic heterocycles. The lowest BCUT2D eigenvalue weighted by atomic mass is 9.88. The maximum absolute atomic E-state index is 12.6. The number of para-hydroxylation sites is 1. The first kappa shape index (κ1) is 21.3. The third kappa shape index (κ3) is 5.61. The van der Waals surface area contributed by atoms with Crippen molar-refractivity contribution in [2.24, 2.45) is 0 Å². The Bertz CT molecular complexity index is 867. The van der Waals surface area contributed by atoms with Crippen molar-refractivity contribution in [3.8, 4) is 5.75 Å². The zero-order valence-corrected chi connectivity index (χ0v) is 17.7. The van der Waals surface area contributed by atoms with E-state index in [0.717, 1.165) is 31.4 Å². The largest absolute Gasteiger partial charge is 0.493 e. The van der Waals surface area contributed by atoms with Crippen molar-refractivity contribution < 1.29 is 19.1 Å². The summed E-state index contributed by atoms with van der Waals surface area (Å²) in [4.78, 5) is 30.6. The van der Waals surface area contributed by atoms with Crippen LogP contribution in [0.25, 0.3) is 0 Å². The molecule has 0 unspecified atom stereocenters. The molecule has 164 valence electrons. The van der Waals surface area contributed by atoms with E-state index in [4.69, 9.17) is 9.47 Å². The summed E-state index contributed by atoms with van der Waals surface area (Å²) in [6.07, 6.45) is 7.20. The second kappa shape index (κ2) is 9.92. The van der Waals surface area contributed by atoms with E-state index in [2.05, 4.69) is 10.3 Å². The number of rotatable bonds is 7. The number of aromatic nitrogens is 1. The van der Waals surface area contributed by atoms with Gasteiger partial charge in [-0.3, -0.25) is 14.6 Å². The average Bonchev–Trinajstić information content (AvgIpc) is 3.21. The van der Waals surface area contributed by atoms with E-state index < -0.39 is 0 Å². The van der Waals surface area contributed by atoms with Crippen LogP contribution in [0.4, 0.5) is 0 Å². The molecule has 2 fully saturated rings. The highest BCUT2D eigenvalue weighted by molar-refractivity contribution is 5.94. The molecule has 4 rings (SSSR count). The monoisotopic (exact) mass is 423 g/mol. The van der Waals surface area contributed by atoms with Crippen LogP contribution in [0.3, 0.4) is 0 Å². The molecule has 0 radical (unpaired) electrons. The molecule has 2 aliphatic rings. The molecule has 1 spiro atoms. The van der Waals surface area contributed by atoms with E-state index in [1.54, 1.807) is 24.5 Å². The first-order chi connectivity index (χ1) is 15.1. The van der Waals surface area contributed by atoms with Gasteiger partial charge in [-0.1, -0.05) is 18.2 Å². The van der Waals surface area contributed by atoms with Crippen molar-refractivity contribution in [3.05, 3.63) is 60.4 Å². The van der Waals surface area contributed by atoms with Crippen LogP contribution in [0.2, 0.25) is 0 Å². The van der Waals surface area contributed by atoms with E-state index in [1.165, 1.54) is 0 Å². The fraction of sp³-hybridized carbons (Fsp3) is 0.458. The standard InChI is InChI=1S/C24H29N3O4/c28-22(9-17-30-20-4-2-1-3-5-20)26-18-21-6-10-24(31-21)11-15-27(16-12-24)23(29)19-7-13-25-14-8-19/h1-5,7-8,13-14,21H,6,9-12,15-18H2,(H,26,28)/t21-/m1/s1. The van der Waals surface area contributed by atoms with Crippen molar-refractivity contribution in [2.45, 2.75) is 43.8 Å². The van der Waals surface area contributed by atoms with Crippen LogP contribution in [0, 0.1) is 0 Å².